The smallest absolute Gasteiger partial charge is 0.335 e. The van der Waals surface area contributed by atoms with Crippen molar-refractivity contribution in [1.29, 1.82) is 0 Å². The van der Waals surface area contributed by atoms with Crippen LogP contribution in [0.4, 0.5) is 5.69 Å². The van der Waals surface area contributed by atoms with E-state index >= 15 is 0 Å². The second-order valence-electron chi connectivity index (χ2n) is 2.95. The maximum atomic E-state index is 11.4. The molecule has 0 saturated carbocycles. The van der Waals surface area contributed by atoms with Gasteiger partial charge in [-0.05, 0) is 18.2 Å². The van der Waals surface area contributed by atoms with Crippen LogP contribution in [-0.4, -0.2) is 20.8 Å². The molecule has 0 bridgehead atoms. The van der Waals surface area contributed by atoms with Gasteiger partial charge in [-0.2, -0.15) is 0 Å². The van der Waals surface area contributed by atoms with Gasteiger partial charge in [-0.1, -0.05) is 46.4 Å². The predicted octanol–water partition coefficient (Wildman–Crippen LogP) is 3.35. The Morgan fingerprint density at radius 1 is 1.24 bits per heavy atom. The molecule has 0 aromatic heterocycles. The number of aromatic carboxylic acids is 1. The first-order valence-corrected chi connectivity index (χ1v) is 5.64. The highest BCUT2D eigenvalue weighted by atomic mass is 35.6. The first-order valence-electron chi connectivity index (χ1n) is 4.13. The summed E-state index contributed by atoms with van der Waals surface area (Å²) in [5, 5.41) is 11.1. The van der Waals surface area contributed by atoms with Crippen LogP contribution >= 0.6 is 46.4 Å². The van der Waals surface area contributed by atoms with Crippen molar-refractivity contribution in [3.8, 4) is 0 Å². The van der Waals surface area contributed by atoms with E-state index in [1.807, 2.05) is 0 Å². The van der Waals surface area contributed by atoms with E-state index in [-0.39, 0.29) is 16.3 Å². The molecule has 0 unspecified atom stereocenters. The maximum Gasteiger partial charge on any atom is 0.335 e. The number of carboxylic acids is 1. The number of benzene rings is 1. The fraction of sp³-hybridized carbons (Fsp3) is 0.111. The SMILES string of the molecule is O=C(O)c1ccc(Cl)c(NC(=O)C(Cl)(Cl)Cl)c1. The molecule has 92 valence electrons. The molecular formula is C9H5Cl4NO3. The van der Waals surface area contributed by atoms with E-state index < -0.39 is 15.7 Å². The van der Waals surface area contributed by atoms with Crippen LogP contribution in [0.15, 0.2) is 18.2 Å². The van der Waals surface area contributed by atoms with Gasteiger partial charge in [0, 0.05) is 0 Å². The molecule has 1 rings (SSSR count). The number of alkyl halides is 3. The molecule has 0 heterocycles. The molecule has 0 aliphatic rings. The van der Waals surface area contributed by atoms with Crippen LogP contribution in [0.5, 0.6) is 0 Å². The van der Waals surface area contributed by atoms with E-state index in [0.29, 0.717) is 0 Å². The molecule has 17 heavy (non-hydrogen) atoms. The highest BCUT2D eigenvalue weighted by molar-refractivity contribution is 6.76. The Bertz CT molecular complexity index is 470. The largest absolute Gasteiger partial charge is 0.478 e. The van der Waals surface area contributed by atoms with E-state index in [1.165, 1.54) is 18.2 Å². The van der Waals surface area contributed by atoms with Crippen molar-refractivity contribution < 1.29 is 14.7 Å². The van der Waals surface area contributed by atoms with Gasteiger partial charge in [0.2, 0.25) is 0 Å². The number of anilines is 1. The van der Waals surface area contributed by atoms with Crippen LogP contribution in [0.1, 0.15) is 10.4 Å². The molecule has 1 aromatic rings. The van der Waals surface area contributed by atoms with E-state index in [0.717, 1.165) is 0 Å². The van der Waals surface area contributed by atoms with E-state index in [4.69, 9.17) is 51.5 Å². The highest BCUT2D eigenvalue weighted by Crippen LogP contribution is 2.30. The van der Waals surface area contributed by atoms with Crippen LogP contribution in [0, 0.1) is 0 Å². The lowest BCUT2D eigenvalue weighted by Crippen LogP contribution is -2.27. The number of nitrogens with one attached hydrogen (secondary N) is 1. The average Bonchev–Trinajstić information content (AvgIpc) is 2.19. The topological polar surface area (TPSA) is 66.4 Å². The van der Waals surface area contributed by atoms with Crippen LogP contribution in [0.2, 0.25) is 5.02 Å². The minimum absolute atomic E-state index is 0.0472. The lowest BCUT2D eigenvalue weighted by Gasteiger charge is -2.12. The van der Waals surface area contributed by atoms with Gasteiger partial charge in [0.1, 0.15) is 0 Å². The monoisotopic (exact) mass is 315 g/mol. The predicted molar refractivity (Wildman–Crippen MR) is 67.3 cm³/mol. The molecule has 0 atom stereocenters. The molecule has 0 saturated heterocycles. The van der Waals surface area contributed by atoms with Gasteiger partial charge in [-0.15, -0.1) is 0 Å². The van der Waals surface area contributed by atoms with Crippen LogP contribution < -0.4 is 5.32 Å². The number of hydrogen-bond donors (Lipinski definition) is 2. The molecule has 2 N–H and O–H groups in total. The average molecular weight is 317 g/mol. The summed E-state index contributed by atoms with van der Waals surface area (Å²) < 4.78 is -2.15. The Morgan fingerprint density at radius 2 is 1.82 bits per heavy atom. The number of carboxylic acid groups (broad SMARTS) is 1. The van der Waals surface area contributed by atoms with Crippen molar-refractivity contribution in [2.24, 2.45) is 0 Å². The summed E-state index contributed by atoms with van der Waals surface area (Å²) in [5.74, 6) is -2.09. The number of hydrogen-bond acceptors (Lipinski definition) is 2. The lowest BCUT2D eigenvalue weighted by molar-refractivity contribution is -0.115. The third-order valence-corrected chi connectivity index (χ3v) is 2.56. The maximum absolute atomic E-state index is 11.4. The zero-order valence-corrected chi connectivity index (χ0v) is 11.0. The summed E-state index contributed by atoms with van der Waals surface area (Å²) in [5.41, 5.74) is 0.0110. The van der Waals surface area contributed by atoms with Gasteiger partial charge in [-0.25, -0.2) is 4.79 Å². The zero-order chi connectivity index (χ0) is 13.2. The second kappa shape index (κ2) is 5.31. The van der Waals surface area contributed by atoms with Gasteiger partial charge in [0.05, 0.1) is 16.3 Å². The summed E-state index contributed by atoms with van der Waals surface area (Å²) in [6.07, 6.45) is 0. The number of carbonyl (C=O) groups is 2. The van der Waals surface area contributed by atoms with Crippen LogP contribution in [-0.2, 0) is 4.79 Å². The fourth-order valence-corrected chi connectivity index (χ4v) is 1.25. The van der Waals surface area contributed by atoms with Crippen molar-refractivity contribution in [3.05, 3.63) is 28.8 Å². The summed E-state index contributed by atoms with van der Waals surface area (Å²) in [7, 11) is 0. The van der Waals surface area contributed by atoms with Crippen LogP contribution in [0.25, 0.3) is 0 Å². The van der Waals surface area contributed by atoms with Crippen molar-refractivity contribution in [2.45, 2.75) is 3.79 Å². The number of amides is 1. The Kier molecular flexibility index (Phi) is 4.49. The van der Waals surface area contributed by atoms with Gasteiger partial charge in [-0.3, -0.25) is 4.79 Å². The van der Waals surface area contributed by atoms with Crippen LogP contribution in [0.3, 0.4) is 0 Å². The quantitative estimate of drug-likeness (QED) is 0.822. The van der Waals surface area contributed by atoms with Gasteiger partial charge in [0.15, 0.2) is 0 Å². The summed E-state index contributed by atoms with van der Waals surface area (Å²) >= 11 is 21.8. The Hall–Kier alpha value is -0.680. The van der Waals surface area contributed by atoms with Crippen molar-refractivity contribution in [2.75, 3.05) is 5.32 Å². The molecular weight excluding hydrogens is 312 g/mol. The molecule has 1 amide bonds. The second-order valence-corrected chi connectivity index (χ2v) is 5.64. The third kappa shape index (κ3) is 3.92. The lowest BCUT2D eigenvalue weighted by atomic mass is 10.2. The number of carbonyl (C=O) groups excluding carboxylic acids is 1. The molecule has 0 aliphatic carbocycles. The first kappa shape index (κ1) is 14.4. The number of rotatable bonds is 2. The summed E-state index contributed by atoms with van der Waals surface area (Å²) in [6, 6.07) is 3.77. The Morgan fingerprint density at radius 3 is 2.29 bits per heavy atom. The Labute approximate surface area is 116 Å². The molecule has 4 nitrogen and oxygen atoms in total. The molecule has 1 aromatic carbocycles. The van der Waals surface area contributed by atoms with E-state index in [9.17, 15) is 9.59 Å². The van der Waals surface area contributed by atoms with Gasteiger partial charge >= 0.3 is 5.97 Å². The number of halogens is 4. The van der Waals surface area contributed by atoms with Gasteiger partial charge in [0.25, 0.3) is 9.70 Å². The summed E-state index contributed by atoms with van der Waals surface area (Å²) in [4.78, 5) is 22.1. The van der Waals surface area contributed by atoms with Crippen molar-refractivity contribution in [3.63, 3.8) is 0 Å². The highest BCUT2D eigenvalue weighted by Gasteiger charge is 2.31. The zero-order valence-electron chi connectivity index (χ0n) is 8.01. The third-order valence-electron chi connectivity index (χ3n) is 1.72. The standard InChI is InChI=1S/C9H5Cl4NO3/c10-5-2-1-4(7(15)16)3-6(5)14-8(17)9(11,12)13/h1-3H,(H,14,17)(H,15,16). The normalized spacial score (nSPS) is 11.1. The summed E-state index contributed by atoms with van der Waals surface area (Å²) in [6.45, 7) is 0. The minimum Gasteiger partial charge on any atom is -0.478 e. The Balaban J connectivity index is 3.02. The molecule has 0 spiro atoms. The molecule has 0 radical (unpaired) electrons. The molecule has 0 aliphatic heterocycles. The molecule has 8 heteroatoms. The van der Waals surface area contributed by atoms with E-state index in [1.54, 1.807) is 0 Å². The van der Waals surface area contributed by atoms with Gasteiger partial charge < -0.3 is 10.4 Å². The first-order chi connectivity index (χ1) is 7.71. The fourth-order valence-electron chi connectivity index (χ4n) is 0.947. The molecule has 0 fully saturated rings. The van der Waals surface area contributed by atoms with E-state index in [2.05, 4.69) is 5.32 Å². The van der Waals surface area contributed by atoms with Crippen molar-refractivity contribution >= 4 is 64.0 Å². The minimum atomic E-state index is -2.15. The van der Waals surface area contributed by atoms with Crippen molar-refractivity contribution in [1.82, 2.24) is 0 Å².